The van der Waals surface area contributed by atoms with E-state index >= 15 is 0 Å². The minimum atomic E-state index is -0.0371. The van der Waals surface area contributed by atoms with E-state index in [0.717, 1.165) is 11.3 Å². The molecule has 1 N–H and O–H groups in total. The van der Waals surface area contributed by atoms with Gasteiger partial charge in [-0.15, -0.1) is 0 Å². The van der Waals surface area contributed by atoms with Crippen LogP contribution < -0.4 is 5.32 Å². The molecule has 0 bridgehead atoms. The Morgan fingerprint density at radius 1 is 1.14 bits per heavy atom. The molecule has 3 rings (SSSR count). The van der Waals surface area contributed by atoms with E-state index in [1.807, 2.05) is 60.2 Å². The fourth-order valence-electron chi connectivity index (χ4n) is 3.53. The summed E-state index contributed by atoms with van der Waals surface area (Å²) in [5, 5.41) is 7.37. The molecule has 7 nitrogen and oxygen atoms in total. The molecule has 2 heterocycles. The Morgan fingerprint density at radius 2 is 1.82 bits per heavy atom. The summed E-state index contributed by atoms with van der Waals surface area (Å²) < 4.78 is 1.80. The Balaban J connectivity index is 1.46. The van der Waals surface area contributed by atoms with Crippen molar-refractivity contribution < 1.29 is 9.59 Å². The molecule has 3 amide bonds. The molecule has 28 heavy (non-hydrogen) atoms. The number of carbonyl (C=O) groups excluding carboxylic acids is 2. The Labute approximate surface area is 166 Å². The lowest BCUT2D eigenvalue weighted by molar-refractivity contribution is -0.126. The number of likely N-dealkylation sites (tertiary alicyclic amines) is 1. The van der Waals surface area contributed by atoms with Gasteiger partial charge in [-0.25, -0.2) is 9.48 Å². The van der Waals surface area contributed by atoms with Crippen molar-refractivity contribution in [2.75, 3.05) is 26.2 Å². The van der Waals surface area contributed by atoms with Gasteiger partial charge >= 0.3 is 6.03 Å². The first-order chi connectivity index (χ1) is 13.6. The van der Waals surface area contributed by atoms with Crippen LogP contribution >= 0.6 is 0 Å². The fourth-order valence-corrected chi connectivity index (χ4v) is 3.53. The highest BCUT2D eigenvalue weighted by Crippen LogP contribution is 2.19. The number of aromatic nitrogens is 2. The molecule has 0 spiro atoms. The summed E-state index contributed by atoms with van der Waals surface area (Å²) in [5.74, 6) is 0.0207. The second-order valence-electron chi connectivity index (χ2n) is 7.06. The summed E-state index contributed by atoms with van der Waals surface area (Å²) in [7, 11) is 0. The average molecular weight is 383 g/mol. The number of carbonyl (C=O) groups is 2. The molecule has 7 heteroatoms. The van der Waals surface area contributed by atoms with Crippen LogP contribution in [0, 0.1) is 5.92 Å². The molecule has 150 valence electrons. The smallest absolute Gasteiger partial charge is 0.319 e. The summed E-state index contributed by atoms with van der Waals surface area (Å²) >= 11 is 0. The fraction of sp³-hybridized carbons (Fsp3) is 0.476. The van der Waals surface area contributed by atoms with Crippen molar-refractivity contribution in [1.82, 2.24) is 24.9 Å². The molecule has 1 aromatic heterocycles. The molecule has 1 aliphatic heterocycles. The van der Waals surface area contributed by atoms with Crippen LogP contribution in [0.5, 0.6) is 0 Å². The summed E-state index contributed by atoms with van der Waals surface area (Å²) in [6.07, 6.45) is 5.13. The van der Waals surface area contributed by atoms with E-state index < -0.39 is 0 Å². The van der Waals surface area contributed by atoms with Gasteiger partial charge in [0.25, 0.3) is 0 Å². The highest BCUT2D eigenvalue weighted by Gasteiger charge is 2.28. The lowest BCUT2D eigenvalue weighted by atomic mass is 9.96. The number of para-hydroxylation sites is 1. The van der Waals surface area contributed by atoms with Gasteiger partial charge in [0.1, 0.15) is 0 Å². The Kier molecular flexibility index (Phi) is 6.68. The number of hydrogen-bond acceptors (Lipinski definition) is 3. The third-order valence-corrected chi connectivity index (χ3v) is 5.29. The van der Waals surface area contributed by atoms with Crippen LogP contribution in [0.3, 0.4) is 0 Å². The molecular formula is C21H29N5O2. The van der Waals surface area contributed by atoms with E-state index in [9.17, 15) is 9.59 Å². The number of nitrogens with zero attached hydrogens (tertiary/aromatic N) is 4. The molecule has 0 aliphatic carbocycles. The summed E-state index contributed by atoms with van der Waals surface area (Å²) in [6, 6.07) is 9.96. The lowest BCUT2D eigenvalue weighted by Crippen LogP contribution is -2.48. The molecule has 0 radical (unpaired) electrons. The molecule has 1 saturated heterocycles. The van der Waals surface area contributed by atoms with Gasteiger partial charge in [-0.1, -0.05) is 18.2 Å². The number of rotatable bonds is 6. The summed E-state index contributed by atoms with van der Waals surface area (Å²) in [4.78, 5) is 28.6. The van der Waals surface area contributed by atoms with Gasteiger partial charge in [0.2, 0.25) is 5.91 Å². The number of amides is 3. The van der Waals surface area contributed by atoms with Crippen LogP contribution in [0.2, 0.25) is 0 Å². The number of piperidine rings is 1. The van der Waals surface area contributed by atoms with Crippen molar-refractivity contribution in [2.45, 2.75) is 33.2 Å². The van der Waals surface area contributed by atoms with Crippen molar-refractivity contribution >= 4 is 11.9 Å². The van der Waals surface area contributed by atoms with Crippen LogP contribution in [0.1, 0.15) is 32.3 Å². The number of benzene rings is 1. The Hall–Kier alpha value is -2.83. The molecular weight excluding hydrogens is 354 g/mol. The minimum absolute atomic E-state index is 0.0371. The molecule has 2 aromatic rings. The zero-order valence-electron chi connectivity index (χ0n) is 16.7. The van der Waals surface area contributed by atoms with Gasteiger partial charge in [-0.2, -0.15) is 5.10 Å². The maximum absolute atomic E-state index is 12.5. The first-order valence-electron chi connectivity index (χ1n) is 10.0. The maximum atomic E-state index is 12.5. The number of urea groups is 1. The van der Waals surface area contributed by atoms with Crippen molar-refractivity contribution in [3.63, 3.8) is 0 Å². The monoisotopic (exact) mass is 383 g/mol. The van der Waals surface area contributed by atoms with E-state index in [4.69, 9.17) is 0 Å². The van der Waals surface area contributed by atoms with Crippen LogP contribution in [-0.4, -0.2) is 57.7 Å². The van der Waals surface area contributed by atoms with E-state index in [2.05, 4.69) is 10.4 Å². The predicted octanol–water partition coefficient (Wildman–Crippen LogP) is 2.66. The van der Waals surface area contributed by atoms with Crippen LogP contribution in [-0.2, 0) is 11.3 Å². The molecule has 0 unspecified atom stereocenters. The van der Waals surface area contributed by atoms with Crippen molar-refractivity contribution in [3.05, 3.63) is 48.3 Å². The molecule has 1 aromatic carbocycles. The zero-order valence-corrected chi connectivity index (χ0v) is 16.7. The van der Waals surface area contributed by atoms with Gasteiger partial charge in [0, 0.05) is 50.4 Å². The highest BCUT2D eigenvalue weighted by atomic mass is 16.2. The summed E-state index contributed by atoms with van der Waals surface area (Å²) in [6.45, 7) is 7.14. The first kappa shape index (κ1) is 19.9. The van der Waals surface area contributed by atoms with Gasteiger partial charge in [-0.3, -0.25) is 4.79 Å². The van der Waals surface area contributed by atoms with E-state index in [-0.39, 0.29) is 17.9 Å². The van der Waals surface area contributed by atoms with Crippen molar-refractivity contribution in [3.8, 4) is 5.69 Å². The largest absolute Gasteiger partial charge is 0.352 e. The van der Waals surface area contributed by atoms with Gasteiger partial charge < -0.3 is 15.1 Å². The molecule has 0 atom stereocenters. The predicted molar refractivity (Wildman–Crippen MR) is 108 cm³/mol. The molecule has 1 aliphatic rings. The summed E-state index contributed by atoms with van der Waals surface area (Å²) in [5.41, 5.74) is 1.96. The second kappa shape index (κ2) is 9.39. The number of nitrogens with one attached hydrogen (secondary N) is 1. The van der Waals surface area contributed by atoms with Gasteiger partial charge in [0.05, 0.1) is 11.9 Å². The van der Waals surface area contributed by atoms with Crippen LogP contribution in [0.25, 0.3) is 5.69 Å². The average Bonchev–Trinajstić information content (AvgIpc) is 3.22. The quantitative estimate of drug-likeness (QED) is 0.834. The highest BCUT2D eigenvalue weighted by molar-refractivity contribution is 5.79. The third kappa shape index (κ3) is 4.71. The third-order valence-electron chi connectivity index (χ3n) is 5.29. The zero-order chi connectivity index (χ0) is 19.9. The topological polar surface area (TPSA) is 70.5 Å². The van der Waals surface area contributed by atoms with E-state index in [1.165, 1.54) is 0 Å². The second-order valence-corrected chi connectivity index (χ2v) is 7.06. The van der Waals surface area contributed by atoms with Crippen LogP contribution in [0.4, 0.5) is 4.79 Å². The van der Waals surface area contributed by atoms with Gasteiger partial charge in [-0.05, 0) is 38.8 Å². The van der Waals surface area contributed by atoms with E-state index in [0.29, 0.717) is 45.6 Å². The van der Waals surface area contributed by atoms with Gasteiger partial charge in [0.15, 0.2) is 0 Å². The number of hydrogen-bond donors (Lipinski definition) is 1. The minimum Gasteiger partial charge on any atom is -0.352 e. The van der Waals surface area contributed by atoms with Crippen LogP contribution in [0.15, 0.2) is 42.7 Å². The van der Waals surface area contributed by atoms with Crippen molar-refractivity contribution in [2.24, 2.45) is 5.92 Å². The Morgan fingerprint density at radius 3 is 2.46 bits per heavy atom. The van der Waals surface area contributed by atoms with E-state index in [1.54, 1.807) is 10.9 Å². The maximum Gasteiger partial charge on any atom is 0.319 e. The standard InChI is InChI=1S/C21H29N5O2/c1-3-24(4-2)21(28)25-12-10-18(11-13-25)20(27)22-14-17-15-23-26(16-17)19-8-6-5-7-9-19/h5-9,15-16,18H,3-4,10-14H2,1-2H3,(H,22,27). The molecule has 1 fully saturated rings. The Bertz CT molecular complexity index is 777. The van der Waals surface area contributed by atoms with Crippen molar-refractivity contribution in [1.29, 1.82) is 0 Å². The lowest BCUT2D eigenvalue weighted by Gasteiger charge is -2.34. The molecule has 0 saturated carbocycles. The SMILES string of the molecule is CCN(CC)C(=O)N1CCC(C(=O)NCc2cnn(-c3ccccc3)c2)CC1. The normalized spacial score (nSPS) is 14.7. The first-order valence-corrected chi connectivity index (χ1v) is 10.0.